The topological polar surface area (TPSA) is 59.5 Å². The highest BCUT2D eigenvalue weighted by Crippen LogP contribution is 2.19. The fraction of sp³-hybridized carbons (Fsp3) is 0.545. The quantitative estimate of drug-likeness (QED) is 0.753. The number of rotatable bonds is 5. The first-order valence-corrected chi connectivity index (χ1v) is 6.18. The number of aryl methyl sites for hydroxylation is 1. The number of methoxy groups -OCH3 is 1. The molecule has 6 heteroatoms. The van der Waals surface area contributed by atoms with Crippen LogP contribution >= 0.6 is 11.3 Å². The van der Waals surface area contributed by atoms with Crippen LogP contribution < -0.4 is 4.90 Å². The summed E-state index contributed by atoms with van der Waals surface area (Å²) in [5.41, 5.74) is 0.902. The molecule has 0 atom stereocenters. The van der Waals surface area contributed by atoms with E-state index in [1.807, 2.05) is 12.3 Å². The van der Waals surface area contributed by atoms with Crippen LogP contribution in [-0.2, 0) is 14.3 Å². The second-order valence-electron chi connectivity index (χ2n) is 3.65. The van der Waals surface area contributed by atoms with Crippen molar-refractivity contribution in [2.24, 2.45) is 0 Å². The fourth-order valence-electron chi connectivity index (χ4n) is 1.26. The molecule has 0 saturated carbocycles. The zero-order chi connectivity index (χ0) is 12.8. The molecule has 1 aromatic rings. The first-order valence-electron chi connectivity index (χ1n) is 5.30. The van der Waals surface area contributed by atoms with Crippen LogP contribution in [-0.4, -0.2) is 31.0 Å². The van der Waals surface area contributed by atoms with Gasteiger partial charge in [-0.25, -0.2) is 4.98 Å². The molecule has 0 spiro atoms. The lowest BCUT2D eigenvalue weighted by molar-refractivity contribution is -0.140. The van der Waals surface area contributed by atoms with Crippen LogP contribution in [0.15, 0.2) is 5.38 Å². The standard InChI is InChI=1S/C11H16N2O3S/c1-8-7-17-11(12-8)13(2)9(14)5-4-6-10(15)16-3/h7H,4-6H2,1-3H3. The molecule has 1 amide bonds. The van der Waals surface area contributed by atoms with Crippen molar-refractivity contribution in [3.8, 4) is 0 Å². The maximum atomic E-state index is 11.8. The molecule has 0 unspecified atom stereocenters. The summed E-state index contributed by atoms with van der Waals surface area (Å²) < 4.78 is 4.51. The van der Waals surface area contributed by atoms with Gasteiger partial charge in [-0.3, -0.25) is 14.5 Å². The molecule has 0 fully saturated rings. The first-order chi connectivity index (χ1) is 8.04. The third kappa shape index (κ3) is 4.14. The largest absolute Gasteiger partial charge is 0.469 e. The maximum absolute atomic E-state index is 11.8. The number of aromatic nitrogens is 1. The summed E-state index contributed by atoms with van der Waals surface area (Å²) in [4.78, 5) is 28.4. The van der Waals surface area contributed by atoms with E-state index in [-0.39, 0.29) is 18.3 Å². The number of carbonyl (C=O) groups excluding carboxylic acids is 2. The molecular formula is C11H16N2O3S. The van der Waals surface area contributed by atoms with E-state index in [9.17, 15) is 9.59 Å². The van der Waals surface area contributed by atoms with Gasteiger partial charge in [-0.2, -0.15) is 0 Å². The summed E-state index contributed by atoms with van der Waals surface area (Å²) in [6.07, 6.45) is 1.09. The Balaban J connectivity index is 2.40. The van der Waals surface area contributed by atoms with Gasteiger partial charge in [0, 0.05) is 25.3 Å². The van der Waals surface area contributed by atoms with Crippen LogP contribution in [0.5, 0.6) is 0 Å². The minimum absolute atomic E-state index is 0.0387. The Hall–Kier alpha value is -1.43. The summed E-state index contributed by atoms with van der Waals surface area (Å²) in [7, 11) is 3.04. The van der Waals surface area contributed by atoms with Gasteiger partial charge >= 0.3 is 5.97 Å². The molecule has 1 heterocycles. The van der Waals surface area contributed by atoms with Gasteiger partial charge in [-0.05, 0) is 13.3 Å². The lowest BCUT2D eigenvalue weighted by atomic mass is 10.2. The molecule has 94 valence electrons. The average Bonchev–Trinajstić information content (AvgIpc) is 2.74. The van der Waals surface area contributed by atoms with Gasteiger partial charge in [-0.15, -0.1) is 11.3 Å². The molecule has 0 saturated heterocycles. The Labute approximate surface area is 104 Å². The maximum Gasteiger partial charge on any atom is 0.305 e. The predicted molar refractivity (Wildman–Crippen MR) is 66.1 cm³/mol. The zero-order valence-electron chi connectivity index (χ0n) is 10.2. The van der Waals surface area contributed by atoms with Crippen molar-refractivity contribution < 1.29 is 14.3 Å². The summed E-state index contributed by atoms with van der Waals surface area (Å²) in [6, 6.07) is 0. The molecular weight excluding hydrogens is 240 g/mol. The summed E-state index contributed by atoms with van der Waals surface area (Å²) in [5, 5.41) is 2.58. The van der Waals surface area contributed by atoms with Crippen LogP contribution in [0.4, 0.5) is 5.13 Å². The van der Waals surface area contributed by atoms with E-state index in [4.69, 9.17) is 0 Å². The molecule has 0 aliphatic rings. The molecule has 1 rings (SSSR count). The molecule has 0 aromatic carbocycles. The summed E-state index contributed by atoms with van der Waals surface area (Å²) in [5.74, 6) is -0.325. The SMILES string of the molecule is COC(=O)CCCC(=O)N(C)c1nc(C)cs1. The van der Waals surface area contributed by atoms with Gasteiger partial charge in [0.15, 0.2) is 5.13 Å². The molecule has 17 heavy (non-hydrogen) atoms. The number of thiazole rings is 1. The number of esters is 1. The Kier molecular flexibility index (Phi) is 5.09. The van der Waals surface area contributed by atoms with Crippen LogP contribution in [0.3, 0.4) is 0 Å². The van der Waals surface area contributed by atoms with Gasteiger partial charge in [0.25, 0.3) is 0 Å². The Morgan fingerprint density at radius 2 is 2.18 bits per heavy atom. The Morgan fingerprint density at radius 3 is 2.71 bits per heavy atom. The highest BCUT2D eigenvalue weighted by molar-refractivity contribution is 7.14. The van der Waals surface area contributed by atoms with Crippen LogP contribution in [0.25, 0.3) is 0 Å². The van der Waals surface area contributed by atoms with Gasteiger partial charge < -0.3 is 4.74 Å². The number of carbonyl (C=O) groups is 2. The molecule has 0 bridgehead atoms. The monoisotopic (exact) mass is 256 g/mol. The van der Waals surface area contributed by atoms with Crippen LogP contribution in [0, 0.1) is 6.92 Å². The lowest BCUT2D eigenvalue weighted by Crippen LogP contribution is -2.25. The zero-order valence-corrected chi connectivity index (χ0v) is 11.0. The molecule has 0 N–H and O–H groups in total. The fourth-order valence-corrected chi connectivity index (χ4v) is 2.04. The van der Waals surface area contributed by atoms with Gasteiger partial charge in [-0.1, -0.05) is 0 Å². The first kappa shape index (κ1) is 13.6. The van der Waals surface area contributed by atoms with Crippen molar-refractivity contribution in [3.05, 3.63) is 11.1 Å². The average molecular weight is 256 g/mol. The summed E-state index contributed by atoms with van der Waals surface area (Å²) in [6.45, 7) is 1.88. The van der Waals surface area contributed by atoms with Crippen molar-refractivity contribution in [1.82, 2.24) is 4.98 Å². The number of anilines is 1. The van der Waals surface area contributed by atoms with Crippen LogP contribution in [0.1, 0.15) is 25.0 Å². The Bertz CT molecular complexity index is 403. The van der Waals surface area contributed by atoms with Crippen molar-refractivity contribution in [1.29, 1.82) is 0 Å². The number of ether oxygens (including phenoxy) is 1. The number of amides is 1. The molecule has 5 nitrogen and oxygen atoms in total. The predicted octanol–water partition coefficient (Wildman–Crippen LogP) is 1.76. The number of hydrogen-bond donors (Lipinski definition) is 0. The highest BCUT2D eigenvalue weighted by Gasteiger charge is 2.14. The van der Waals surface area contributed by atoms with Gasteiger partial charge in [0.05, 0.1) is 12.8 Å². The van der Waals surface area contributed by atoms with E-state index in [0.717, 1.165) is 5.69 Å². The van der Waals surface area contributed by atoms with Crippen molar-refractivity contribution >= 4 is 28.3 Å². The van der Waals surface area contributed by atoms with Crippen LogP contribution in [0.2, 0.25) is 0 Å². The third-order valence-electron chi connectivity index (χ3n) is 2.27. The molecule has 1 aromatic heterocycles. The van der Waals surface area contributed by atoms with E-state index in [2.05, 4.69) is 9.72 Å². The van der Waals surface area contributed by atoms with Gasteiger partial charge in [0.2, 0.25) is 5.91 Å². The van der Waals surface area contributed by atoms with Gasteiger partial charge in [0.1, 0.15) is 0 Å². The van der Waals surface area contributed by atoms with E-state index in [1.54, 1.807) is 7.05 Å². The molecule has 0 aliphatic heterocycles. The molecule has 0 aliphatic carbocycles. The van der Waals surface area contributed by atoms with Crippen molar-refractivity contribution in [3.63, 3.8) is 0 Å². The summed E-state index contributed by atoms with van der Waals surface area (Å²) >= 11 is 1.43. The van der Waals surface area contributed by atoms with E-state index >= 15 is 0 Å². The normalized spacial score (nSPS) is 10.1. The molecule has 0 radical (unpaired) electrons. The highest BCUT2D eigenvalue weighted by atomic mass is 32.1. The van der Waals surface area contributed by atoms with Crippen molar-refractivity contribution in [2.75, 3.05) is 19.1 Å². The second kappa shape index (κ2) is 6.34. The van der Waals surface area contributed by atoms with E-state index < -0.39 is 0 Å². The smallest absolute Gasteiger partial charge is 0.305 e. The third-order valence-corrected chi connectivity index (χ3v) is 3.30. The number of nitrogens with zero attached hydrogens (tertiary/aromatic N) is 2. The number of hydrogen-bond acceptors (Lipinski definition) is 5. The lowest BCUT2D eigenvalue weighted by Gasteiger charge is -2.13. The Morgan fingerprint density at radius 1 is 1.47 bits per heavy atom. The minimum Gasteiger partial charge on any atom is -0.469 e. The second-order valence-corrected chi connectivity index (χ2v) is 4.49. The van der Waals surface area contributed by atoms with Crippen molar-refractivity contribution in [2.45, 2.75) is 26.2 Å². The van der Waals surface area contributed by atoms with E-state index in [0.29, 0.717) is 18.0 Å². The minimum atomic E-state index is -0.287. The van der Waals surface area contributed by atoms with E-state index in [1.165, 1.54) is 23.3 Å².